The van der Waals surface area contributed by atoms with Gasteiger partial charge in [-0.3, -0.25) is 9.59 Å². The Hall–Kier alpha value is -3.09. The van der Waals surface area contributed by atoms with E-state index in [1.54, 1.807) is 29.2 Å². The first kappa shape index (κ1) is 16.4. The fourth-order valence-electron chi connectivity index (χ4n) is 3.14. The van der Waals surface area contributed by atoms with Crippen LogP contribution in [0.3, 0.4) is 0 Å². The number of benzene rings is 2. The summed E-state index contributed by atoms with van der Waals surface area (Å²) in [6.45, 7) is 1.22. The lowest BCUT2D eigenvalue weighted by atomic mass is 10.1. The second kappa shape index (κ2) is 6.67. The molecule has 0 radical (unpaired) electrons. The summed E-state index contributed by atoms with van der Waals surface area (Å²) in [4.78, 5) is 26.4. The van der Waals surface area contributed by atoms with Crippen LogP contribution >= 0.6 is 0 Å². The van der Waals surface area contributed by atoms with Crippen LogP contribution in [0.4, 0.5) is 15.8 Å². The average molecular weight is 356 g/mol. The minimum absolute atomic E-state index is 0.107. The molecule has 2 aliphatic rings. The summed E-state index contributed by atoms with van der Waals surface area (Å²) in [5.41, 5.74) is 1.04. The molecular weight excluding hydrogens is 339 g/mol. The summed E-state index contributed by atoms with van der Waals surface area (Å²) in [5, 5.41) is 2.66. The summed E-state index contributed by atoms with van der Waals surface area (Å²) in [6, 6.07) is 11.0. The Kier molecular flexibility index (Phi) is 4.20. The van der Waals surface area contributed by atoms with E-state index in [1.165, 1.54) is 18.2 Å². The maximum atomic E-state index is 13.2. The quantitative estimate of drug-likeness (QED) is 0.918. The zero-order valence-corrected chi connectivity index (χ0v) is 13.9. The van der Waals surface area contributed by atoms with Crippen LogP contribution in [0.1, 0.15) is 6.42 Å². The van der Waals surface area contributed by atoms with Crippen molar-refractivity contribution in [3.05, 3.63) is 48.3 Å². The number of ether oxygens (including phenoxy) is 2. The minimum atomic E-state index is -0.501. The molecule has 7 heteroatoms. The van der Waals surface area contributed by atoms with Gasteiger partial charge in [0.2, 0.25) is 11.8 Å². The molecule has 1 N–H and O–H groups in total. The van der Waals surface area contributed by atoms with E-state index >= 15 is 0 Å². The van der Waals surface area contributed by atoms with E-state index in [1.807, 2.05) is 0 Å². The van der Waals surface area contributed by atoms with Crippen LogP contribution in [-0.2, 0) is 9.59 Å². The highest BCUT2D eigenvalue weighted by molar-refractivity contribution is 6.03. The highest BCUT2D eigenvalue weighted by Crippen LogP contribution is 2.36. The van der Waals surface area contributed by atoms with Crippen LogP contribution in [0.5, 0.6) is 11.5 Å². The highest BCUT2D eigenvalue weighted by Gasteiger charge is 2.35. The molecule has 6 nitrogen and oxygen atoms in total. The zero-order valence-electron chi connectivity index (χ0n) is 13.9. The van der Waals surface area contributed by atoms with Gasteiger partial charge in [0.15, 0.2) is 11.5 Å². The first-order valence-corrected chi connectivity index (χ1v) is 8.36. The van der Waals surface area contributed by atoms with Gasteiger partial charge in [0, 0.05) is 30.4 Å². The van der Waals surface area contributed by atoms with Crippen LogP contribution in [0, 0.1) is 11.7 Å². The van der Waals surface area contributed by atoms with E-state index in [4.69, 9.17) is 9.47 Å². The van der Waals surface area contributed by atoms with E-state index in [-0.39, 0.29) is 24.8 Å². The Balaban J connectivity index is 1.47. The van der Waals surface area contributed by atoms with Gasteiger partial charge in [-0.2, -0.15) is 0 Å². The standard InChI is InChI=1S/C19H17FN2O4/c20-13-2-1-3-14(9-13)21-19(24)12-8-18(23)22(11-12)15-4-5-16-17(10-15)26-7-6-25-16/h1-5,9-10,12H,6-8,11H2,(H,21,24). The third-order valence-corrected chi connectivity index (χ3v) is 4.43. The smallest absolute Gasteiger partial charge is 0.229 e. The predicted molar refractivity (Wildman–Crippen MR) is 92.9 cm³/mol. The molecule has 0 aromatic heterocycles. The molecule has 1 saturated heterocycles. The molecule has 0 aliphatic carbocycles. The summed E-state index contributed by atoms with van der Waals surface area (Å²) in [6.07, 6.45) is 0.107. The van der Waals surface area contributed by atoms with Crippen molar-refractivity contribution < 1.29 is 23.5 Å². The lowest BCUT2D eigenvalue weighted by molar-refractivity contribution is -0.122. The molecule has 2 aromatic rings. The third kappa shape index (κ3) is 3.20. The average Bonchev–Trinajstić information content (AvgIpc) is 3.03. The number of nitrogens with one attached hydrogen (secondary N) is 1. The predicted octanol–water partition coefficient (Wildman–Crippen LogP) is 2.59. The molecule has 2 aromatic carbocycles. The monoisotopic (exact) mass is 356 g/mol. The summed E-state index contributed by atoms with van der Waals surface area (Å²) < 4.78 is 24.3. The van der Waals surface area contributed by atoms with Crippen molar-refractivity contribution in [3.8, 4) is 11.5 Å². The molecule has 134 valence electrons. The van der Waals surface area contributed by atoms with Crippen LogP contribution in [-0.4, -0.2) is 31.6 Å². The first-order valence-electron chi connectivity index (χ1n) is 8.36. The van der Waals surface area contributed by atoms with Gasteiger partial charge in [0.25, 0.3) is 0 Å². The Morgan fingerprint density at radius 1 is 1.12 bits per heavy atom. The van der Waals surface area contributed by atoms with E-state index in [9.17, 15) is 14.0 Å². The lowest BCUT2D eigenvalue weighted by Gasteiger charge is -2.22. The molecule has 1 atom stereocenters. The van der Waals surface area contributed by atoms with Gasteiger partial charge in [-0.25, -0.2) is 4.39 Å². The number of carbonyl (C=O) groups excluding carboxylic acids is 2. The van der Waals surface area contributed by atoms with E-state index in [2.05, 4.69) is 5.32 Å². The number of fused-ring (bicyclic) bond motifs is 1. The van der Waals surface area contributed by atoms with Crippen molar-refractivity contribution in [2.24, 2.45) is 5.92 Å². The van der Waals surface area contributed by atoms with Crippen LogP contribution in [0.25, 0.3) is 0 Å². The molecule has 2 amide bonds. The van der Waals surface area contributed by atoms with Gasteiger partial charge < -0.3 is 19.7 Å². The number of anilines is 2. The van der Waals surface area contributed by atoms with Gasteiger partial charge in [-0.15, -0.1) is 0 Å². The fraction of sp³-hybridized carbons (Fsp3) is 0.263. The molecule has 0 spiro atoms. The molecule has 2 aliphatic heterocycles. The summed E-state index contributed by atoms with van der Waals surface area (Å²) in [5.74, 6) is -0.131. The van der Waals surface area contributed by atoms with Crippen molar-refractivity contribution in [2.45, 2.75) is 6.42 Å². The molecule has 0 saturated carbocycles. The minimum Gasteiger partial charge on any atom is -0.486 e. The number of amides is 2. The van der Waals surface area contributed by atoms with Gasteiger partial charge in [0.1, 0.15) is 19.0 Å². The number of nitrogens with zero attached hydrogens (tertiary/aromatic N) is 1. The largest absolute Gasteiger partial charge is 0.486 e. The molecule has 4 rings (SSSR count). The summed E-state index contributed by atoms with van der Waals surface area (Å²) in [7, 11) is 0. The van der Waals surface area contributed by atoms with E-state index in [0.717, 1.165) is 0 Å². The van der Waals surface area contributed by atoms with Crippen molar-refractivity contribution in [1.29, 1.82) is 0 Å². The van der Waals surface area contributed by atoms with Gasteiger partial charge in [-0.1, -0.05) is 6.07 Å². The van der Waals surface area contributed by atoms with Crippen molar-refractivity contribution in [1.82, 2.24) is 0 Å². The van der Waals surface area contributed by atoms with Crippen LogP contribution in [0.15, 0.2) is 42.5 Å². The van der Waals surface area contributed by atoms with Crippen molar-refractivity contribution in [3.63, 3.8) is 0 Å². The SMILES string of the molecule is O=C(Nc1cccc(F)c1)C1CC(=O)N(c2ccc3c(c2)OCCO3)C1. The molecule has 1 fully saturated rings. The van der Waals surface area contributed by atoms with Crippen LogP contribution in [0.2, 0.25) is 0 Å². The number of carbonyl (C=O) groups is 2. The van der Waals surface area contributed by atoms with Gasteiger partial charge >= 0.3 is 0 Å². The zero-order chi connectivity index (χ0) is 18.1. The molecule has 0 bridgehead atoms. The topological polar surface area (TPSA) is 67.9 Å². The van der Waals surface area contributed by atoms with Crippen molar-refractivity contribution in [2.75, 3.05) is 30.0 Å². The third-order valence-electron chi connectivity index (χ3n) is 4.43. The second-order valence-electron chi connectivity index (χ2n) is 6.23. The molecule has 1 unspecified atom stereocenters. The second-order valence-corrected chi connectivity index (χ2v) is 6.23. The highest BCUT2D eigenvalue weighted by atomic mass is 19.1. The molecular formula is C19H17FN2O4. The fourth-order valence-corrected chi connectivity index (χ4v) is 3.14. The Morgan fingerprint density at radius 2 is 1.92 bits per heavy atom. The molecule has 26 heavy (non-hydrogen) atoms. The lowest BCUT2D eigenvalue weighted by Crippen LogP contribution is -2.28. The Bertz CT molecular complexity index is 870. The van der Waals surface area contributed by atoms with Crippen LogP contribution < -0.4 is 19.7 Å². The van der Waals surface area contributed by atoms with Gasteiger partial charge in [-0.05, 0) is 30.3 Å². The number of hydrogen-bond donors (Lipinski definition) is 1. The Labute approximate surface area is 149 Å². The maximum Gasteiger partial charge on any atom is 0.229 e. The van der Waals surface area contributed by atoms with Crippen molar-refractivity contribution >= 4 is 23.2 Å². The number of rotatable bonds is 3. The number of halogens is 1. The van der Waals surface area contributed by atoms with E-state index in [0.29, 0.717) is 36.1 Å². The normalized spacial score (nSPS) is 18.7. The van der Waals surface area contributed by atoms with Gasteiger partial charge in [0.05, 0.1) is 5.92 Å². The van der Waals surface area contributed by atoms with E-state index < -0.39 is 11.7 Å². The number of hydrogen-bond acceptors (Lipinski definition) is 4. The molecule has 2 heterocycles. The first-order chi connectivity index (χ1) is 12.6. The Morgan fingerprint density at radius 3 is 2.73 bits per heavy atom. The summed E-state index contributed by atoms with van der Waals surface area (Å²) >= 11 is 0. The maximum absolute atomic E-state index is 13.2.